The molecule has 0 radical (unpaired) electrons. The molecule has 0 saturated heterocycles. The highest BCUT2D eigenvalue weighted by molar-refractivity contribution is 5.13. The molecule has 0 aliphatic carbocycles. The van der Waals surface area contributed by atoms with E-state index in [4.69, 9.17) is 5.73 Å². The Balaban J connectivity index is 2.79. The van der Waals surface area contributed by atoms with Crippen molar-refractivity contribution in [1.29, 1.82) is 0 Å². The molecule has 1 aromatic rings. The van der Waals surface area contributed by atoms with Gasteiger partial charge in [-0.2, -0.15) is 0 Å². The molecule has 1 rings (SSSR count). The molecule has 0 bridgehead atoms. The van der Waals surface area contributed by atoms with E-state index in [2.05, 4.69) is 23.5 Å². The highest BCUT2D eigenvalue weighted by atomic mass is 15.1. The van der Waals surface area contributed by atoms with E-state index >= 15 is 0 Å². The van der Waals surface area contributed by atoms with Gasteiger partial charge in [-0.1, -0.05) is 0 Å². The van der Waals surface area contributed by atoms with Crippen molar-refractivity contribution in [3.05, 3.63) is 17.2 Å². The molecule has 0 saturated carbocycles. The third kappa shape index (κ3) is 1.67. The van der Waals surface area contributed by atoms with Crippen LogP contribution in [0.1, 0.15) is 23.6 Å². The van der Waals surface area contributed by atoms with Crippen molar-refractivity contribution in [1.82, 2.24) is 9.55 Å². The SMILES string of the molecule is Cc1nc(CCCN)n(C)c1C. The summed E-state index contributed by atoms with van der Waals surface area (Å²) in [5.41, 5.74) is 7.82. The monoisotopic (exact) mass is 167 g/mol. The number of nitrogens with zero attached hydrogens (tertiary/aromatic N) is 2. The Morgan fingerprint density at radius 3 is 2.50 bits per heavy atom. The second-order valence-electron chi connectivity index (χ2n) is 3.15. The second-order valence-corrected chi connectivity index (χ2v) is 3.15. The van der Waals surface area contributed by atoms with Crippen LogP contribution in [0.15, 0.2) is 0 Å². The van der Waals surface area contributed by atoms with E-state index in [0.29, 0.717) is 0 Å². The Labute approximate surface area is 73.6 Å². The van der Waals surface area contributed by atoms with Crippen LogP contribution in [-0.2, 0) is 13.5 Å². The van der Waals surface area contributed by atoms with Crippen LogP contribution in [0, 0.1) is 13.8 Å². The van der Waals surface area contributed by atoms with E-state index in [1.54, 1.807) is 0 Å². The summed E-state index contributed by atoms with van der Waals surface area (Å²) >= 11 is 0. The molecular weight excluding hydrogens is 150 g/mol. The van der Waals surface area contributed by atoms with Crippen molar-refractivity contribution in [2.24, 2.45) is 12.8 Å². The fourth-order valence-corrected chi connectivity index (χ4v) is 1.27. The van der Waals surface area contributed by atoms with E-state index in [9.17, 15) is 0 Å². The summed E-state index contributed by atoms with van der Waals surface area (Å²) < 4.78 is 2.14. The molecule has 0 amide bonds. The van der Waals surface area contributed by atoms with Crippen LogP contribution >= 0.6 is 0 Å². The molecule has 1 heterocycles. The Kier molecular flexibility index (Phi) is 2.87. The molecule has 1 aromatic heterocycles. The van der Waals surface area contributed by atoms with Gasteiger partial charge < -0.3 is 10.3 Å². The lowest BCUT2D eigenvalue weighted by molar-refractivity contribution is 0.721. The summed E-state index contributed by atoms with van der Waals surface area (Å²) in [6, 6.07) is 0. The number of aryl methyl sites for hydroxylation is 2. The standard InChI is InChI=1S/C9H17N3/c1-7-8(2)12(3)9(11-7)5-4-6-10/h4-6,10H2,1-3H3. The summed E-state index contributed by atoms with van der Waals surface area (Å²) in [5.74, 6) is 1.15. The minimum absolute atomic E-state index is 0.741. The van der Waals surface area contributed by atoms with Gasteiger partial charge in [0, 0.05) is 19.2 Å². The van der Waals surface area contributed by atoms with Crippen molar-refractivity contribution in [2.75, 3.05) is 6.54 Å². The fraction of sp³-hybridized carbons (Fsp3) is 0.667. The van der Waals surface area contributed by atoms with Gasteiger partial charge >= 0.3 is 0 Å². The van der Waals surface area contributed by atoms with E-state index in [-0.39, 0.29) is 0 Å². The summed E-state index contributed by atoms with van der Waals surface area (Å²) in [6.07, 6.45) is 2.01. The quantitative estimate of drug-likeness (QED) is 0.727. The van der Waals surface area contributed by atoms with Crippen molar-refractivity contribution < 1.29 is 0 Å². The van der Waals surface area contributed by atoms with Crippen molar-refractivity contribution >= 4 is 0 Å². The van der Waals surface area contributed by atoms with Gasteiger partial charge in [0.1, 0.15) is 5.82 Å². The zero-order valence-electron chi connectivity index (χ0n) is 8.09. The van der Waals surface area contributed by atoms with Gasteiger partial charge in [0.25, 0.3) is 0 Å². The summed E-state index contributed by atoms with van der Waals surface area (Å²) in [7, 11) is 2.06. The highest BCUT2D eigenvalue weighted by Crippen LogP contribution is 2.08. The highest BCUT2D eigenvalue weighted by Gasteiger charge is 2.05. The van der Waals surface area contributed by atoms with Crippen LogP contribution in [0.4, 0.5) is 0 Å². The molecular formula is C9H17N3. The summed E-state index contributed by atoms with van der Waals surface area (Å²) in [5, 5.41) is 0. The predicted molar refractivity (Wildman–Crippen MR) is 50.1 cm³/mol. The maximum Gasteiger partial charge on any atom is 0.108 e. The average molecular weight is 167 g/mol. The van der Waals surface area contributed by atoms with Crippen LogP contribution in [0.25, 0.3) is 0 Å². The summed E-state index contributed by atoms with van der Waals surface area (Å²) in [4.78, 5) is 4.45. The summed E-state index contributed by atoms with van der Waals surface area (Å²) in [6.45, 7) is 4.88. The van der Waals surface area contributed by atoms with Crippen molar-refractivity contribution in [3.63, 3.8) is 0 Å². The first-order valence-corrected chi connectivity index (χ1v) is 4.35. The molecule has 0 aliphatic rings. The van der Waals surface area contributed by atoms with Crippen LogP contribution < -0.4 is 5.73 Å². The number of rotatable bonds is 3. The topological polar surface area (TPSA) is 43.8 Å². The molecule has 0 spiro atoms. The molecule has 12 heavy (non-hydrogen) atoms. The first-order valence-electron chi connectivity index (χ1n) is 4.35. The van der Waals surface area contributed by atoms with E-state index < -0.39 is 0 Å². The first-order chi connectivity index (χ1) is 5.66. The number of hydrogen-bond acceptors (Lipinski definition) is 2. The molecule has 68 valence electrons. The van der Waals surface area contributed by atoms with E-state index in [0.717, 1.165) is 30.9 Å². The molecule has 0 aliphatic heterocycles. The lowest BCUT2D eigenvalue weighted by Crippen LogP contribution is -2.05. The third-order valence-electron chi connectivity index (χ3n) is 2.32. The molecule has 0 atom stereocenters. The smallest absolute Gasteiger partial charge is 0.108 e. The van der Waals surface area contributed by atoms with Crippen LogP contribution in [0.3, 0.4) is 0 Å². The molecule has 3 heteroatoms. The van der Waals surface area contributed by atoms with Gasteiger partial charge in [-0.3, -0.25) is 0 Å². The van der Waals surface area contributed by atoms with Crippen LogP contribution in [-0.4, -0.2) is 16.1 Å². The Bertz CT molecular complexity index is 263. The molecule has 2 N–H and O–H groups in total. The van der Waals surface area contributed by atoms with E-state index in [1.165, 1.54) is 5.69 Å². The number of imidazole rings is 1. The Morgan fingerprint density at radius 2 is 2.08 bits per heavy atom. The van der Waals surface area contributed by atoms with Gasteiger partial charge in [0.15, 0.2) is 0 Å². The number of aromatic nitrogens is 2. The van der Waals surface area contributed by atoms with Gasteiger partial charge in [0.05, 0.1) is 5.69 Å². The number of nitrogens with two attached hydrogens (primary N) is 1. The lowest BCUT2D eigenvalue weighted by atomic mass is 10.3. The minimum atomic E-state index is 0.741. The first kappa shape index (κ1) is 9.26. The molecule has 0 aromatic carbocycles. The molecule has 3 nitrogen and oxygen atoms in total. The zero-order chi connectivity index (χ0) is 9.14. The van der Waals surface area contributed by atoms with Crippen LogP contribution in [0.2, 0.25) is 0 Å². The van der Waals surface area contributed by atoms with Gasteiger partial charge in [-0.05, 0) is 26.8 Å². The van der Waals surface area contributed by atoms with Crippen molar-refractivity contribution in [2.45, 2.75) is 26.7 Å². The maximum atomic E-state index is 5.43. The largest absolute Gasteiger partial charge is 0.335 e. The molecule has 0 unspecified atom stereocenters. The fourth-order valence-electron chi connectivity index (χ4n) is 1.27. The predicted octanol–water partition coefficient (Wildman–Crippen LogP) is 0.928. The van der Waals surface area contributed by atoms with Gasteiger partial charge in [0.2, 0.25) is 0 Å². The Morgan fingerprint density at radius 1 is 1.42 bits per heavy atom. The third-order valence-corrected chi connectivity index (χ3v) is 2.32. The molecule has 0 fully saturated rings. The van der Waals surface area contributed by atoms with E-state index in [1.807, 2.05) is 6.92 Å². The second kappa shape index (κ2) is 3.72. The lowest BCUT2D eigenvalue weighted by Gasteiger charge is -2.01. The number of hydrogen-bond donors (Lipinski definition) is 1. The average Bonchev–Trinajstić information content (AvgIpc) is 2.30. The van der Waals surface area contributed by atoms with Gasteiger partial charge in [-0.15, -0.1) is 0 Å². The Hall–Kier alpha value is -0.830. The van der Waals surface area contributed by atoms with Crippen molar-refractivity contribution in [3.8, 4) is 0 Å². The zero-order valence-corrected chi connectivity index (χ0v) is 8.09. The van der Waals surface area contributed by atoms with Gasteiger partial charge in [-0.25, -0.2) is 4.98 Å². The minimum Gasteiger partial charge on any atom is -0.335 e. The maximum absolute atomic E-state index is 5.43. The van der Waals surface area contributed by atoms with Crippen LogP contribution in [0.5, 0.6) is 0 Å². The normalized spacial score (nSPS) is 10.7.